The first kappa shape index (κ1) is 15.0. The molecule has 0 amide bonds. The Morgan fingerprint density at radius 3 is 2.32 bits per heavy atom. The third-order valence-electron chi connectivity index (χ3n) is 3.86. The molecule has 25 heavy (non-hydrogen) atoms. The summed E-state index contributed by atoms with van der Waals surface area (Å²) in [6.45, 7) is 0. The monoisotopic (exact) mass is 338 g/mol. The Kier molecular flexibility index (Phi) is 3.31. The number of carbonyl (C=O) groups is 2. The van der Waals surface area contributed by atoms with Crippen molar-refractivity contribution in [2.75, 3.05) is 5.32 Å². The zero-order valence-corrected chi connectivity index (χ0v) is 12.5. The van der Waals surface area contributed by atoms with Gasteiger partial charge in [0.1, 0.15) is 0 Å². The quantitative estimate of drug-likeness (QED) is 0.605. The van der Waals surface area contributed by atoms with Crippen LogP contribution in [-0.2, 0) is 0 Å². The summed E-state index contributed by atoms with van der Waals surface area (Å²) < 4.78 is 28.4. The van der Waals surface area contributed by atoms with Crippen LogP contribution in [0.4, 0.5) is 20.3 Å². The van der Waals surface area contributed by atoms with Crippen molar-refractivity contribution in [2.24, 2.45) is 0 Å². The van der Waals surface area contributed by atoms with Gasteiger partial charge in [-0.25, -0.2) is 8.78 Å². The minimum Gasteiger partial charge on any atom is -0.336 e. The van der Waals surface area contributed by atoms with E-state index in [-0.39, 0.29) is 28.1 Å². The van der Waals surface area contributed by atoms with Crippen LogP contribution >= 0.6 is 0 Å². The maximum Gasteiger partial charge on any atom is 0.196 e. The highest BCUT2D eigenvalue weighted by atomic mass is 19.2. The number of rotatable bonds is 2. The summed E-state index contributed by atoms with van der Waals surface area (Å²) in [6, 6.07) is 8.24. The first-order valence-electron chi connectivity index (χ1n) is 7.19. The van der Waals surface area contributed by atoms with Crippen molar-refractivity contribution >= 4 is 23.1 Å². The van der Waals surface area contributed by atoms with Gasteiger partial charge >= 0.3 is 0 Å². The molecular weight excluding hydrogens is 330 g/mol. The van der Waals surface area contributed by atoms with Crippen molar-refractivity contribution in [1.29, 1.82) is 0 Å². The van der Waals surface area contributed by atoms with E-state index in [1.54, 1.807) is 12.1 Å². The van der Waals surface area contributed by atoms with Crippen molar-refractivity contribution in [3.63, 3.8) is 0 Å². The maximum absolute atomic E-state index is 14.4. The molecule has 0 saturated heterocycles. The number of ketones is 2. The second kappa shape index (κ2) is 5.52. The molecule has 3 aromatic rings. The molecule has 0 fully saturated rings. The Morgan fingerprint density at radius 2 is 1.64 bits per heavy atom. The Bertz CT molecular complexity index is 1040. The third-order valence-corrected chi connectivity index (χ3v) is 3.86. The summed E-state index contributed by atoms with van der Waals surface area (Å²) in [6.07, 6.45) is 1.29. The average Bonchev–Trinajstić information content (AvgIpc) is 2.64. The number of nitrogens with one attached hydrogen (secondary N) is 1. The smallest absolute Gasteiger partial charge is 0.196 e. The minimum absolute atomic E-state index is 0.0563. The number of hydrogen-bond acceptors (Lipinski definition) is 6. The predicted octanol–water partition coefficient (Wildman–Crippen LogP) is 2.67. The number of anilines is 2. The van der Waals surface area contributed by atoms with E-state index in [1.807, 2.05) is 0 Å². The van der Waals surface area contributed by atoms with E-state index >= 15 is 0 Å². The van der Waals surface area contributed by atoms with Crippen LogP contribution in [0.15, 0.2) is 42.6 Å². The highest BCUT2D eigenvalue weighted by molar-refractivity contribution is 6.30. The Hall–Kier alpha value is -3.55. The SMILES string of the molecule is O=C1c2ccccc2C(=O)c2c1cc(F)c(F)c2Nc1ccnnn1. The molecule has 2 aromatic carbocycles. The van der Waals surface area contributed by atoms with E-state index in [0.29, 0.717) is 0 Å². The lowest BCUT2D eigenvalue weighted by molar-refractivity contribution is 0.0979. The summed E-state index contributed by atoms with van der Waals surface area (Å²) >= 11 is 0. The van der Waals surface area contributed by atoms with Crippen molar-refractivity contribution < 1.29 is 18.4 Å². The number of carbonyl (C=O) groups excluding carboxylic acids is 2. The van der Waals surface area contributed by atoms with Crippen molar-refractivity contribution in [1.82, 2.24) is 15.4 Å². The molecule has 4 rings (SSSR count). The molecule has 0 atom stereocenters. The van der Waals surface area contributed by atoms with E-state index < -0.39 is 28.9 Å². The van der Waals surface area contributed by atoms with Crippen LogP contribution in [0.1, 0.15) is 31.8 Å². The van der Waals surface area contributed by atoms with E-state index in [0.717, 1.165) is 6.07 Å². The average molecular weight is 338 g/mol. The van der Waals surface area contributed by atoms with Crippen molar-refractivity contribution in [2.45, 2.75) is 0 Å². The normalized spacial score (nSPS) is 12.6. The number of halogens is 2. The molecule has 0 radical (unpaired) electrons. The first-order chi connectivity index (χ1) is 12.1. The van der Waals surface area contributed by atoms with Crippen LogP contribution < -0.4 is 5.32 Å². The van der Waals surface area contributed by atoms with Gasteiger partial charge in [-0.1, -0.05) is 24.3 Å². The predicted molar refractivity (Wildman–Crippen MR) is 82.8 cm³/mol. The van der Waals surface area contributed by atoms with E-state index in [1.165, 1.54) is 24.4 Å². The number of hydrogen-bond donors (Lipinski definition) is 1. The minimum atomic E-state index is -1.28. The largest absolute Gasteiger partial charge is 0.336 e. The molecule has 1 N–H and O–H groups in total. The Labute approximate surface area is 139 Å². The van der Waals surface area contributed by atoms with E-state index in [9.17, 15) is 18.4 Å². The third kappa shape index (κ3) is 2.26. The van der Waals surface area contributed by atoms with Crippen LogP contribution in [0.25, 0.3) is 0 Å². The lowest BCUT2D eigenvalue weighted by Crippen LogP contribution is -2.23. The van der Waals surface area contributed by atoms with E-state index in [4.69, 9.17) is 0 Å². The van der Waals surface area contributed by atoms with Gasteiger partial charge in [0.2, 0.25) is 0 Å². The number of nitrogens with zero attached hydrogens (tertiary/aromatic N) is 3. The summed E-state index contributed by atoms with van der Waals surface area (Å²) in [5.74, 6) is -3.59. The molecule has 1 heterocycles. The second-order valence-corrected chi connectivity index (χ2v) is 5.30. The van der Waals surface area contributed by atoms with Gasteiger partial charge in [-0.3, -0.25) is 9.59 Å². The number of aromatic nitrogens is 3. The molecule has 0 aliphatic heterocycles. The molecule has 8 heteroatoms. The Balaban J connectivity index is 1.96. The molecule has 1 aliphatic rings. The molecule has 0 spiro atoms. The van der Waals surface area contributed by atoms with Gasteiger partial charge in [0.15, 0.2) is 29.0 Å². The summed E-state index contributed by atoms with van der Waals surface area (Å²) in [5, 5.41) is 13.0. The molecule has 0 unspecified atom stereocenters. The topological polar surface area (TPSA) is 84.8 Å². The standard InChI is InChI=1S/C17H8F2N4O2/c18-11-7-10-13(15(14(11)19)21-12-5-6-20-23-22-12)17(25)9-4-2-1-3-8(9)16(10)24/h1-7H,(H,20,21,22). The van der Waals surface area contributed by atoms with Crippen molar-refractivity contribution in [3.05, 3.63) is 76.5 Å². The fourth-order valence-electron chi connectivity index (χ4n) is 2.75. The van der Waals surface area contributed by atoms with Gasteiger partial charge in [0.25, 0.3) is 0 Å². The molecule has 1 aromatic heterocycles. The van der Waals surface area contributed by atoms with Gasteiger partial charge < -0.3 is 5.32 Å². The molecule has 122 valence electrons. The molecular formula is C17H8F2N4O2. The van der Waals surface area contributed by atoms with Crippen LogP contribution in [0.5, 0.6) is 0 Å². The highest BCUT2D eigenvalue weighted by Gasteiger charge is 2.34. The summed E-state index contributed by atoms with van der Waals surface area (Å²) in [4.78, 5) is 25.4. The fourth-order valence-corrected chi connectivity index (χ4v) is 2.75. The van der Waals surface area contributed by atoms with Gasteiger partial charge in [0.05, 0.1) is 17.4 Å². The summed E-state index contributed by atoms with van der Waals surface area (Å²) in [5.41, 5.74) is -0.604. The van der Waals surface area contributed by atoms with Gasteiger partial charge in [-0.15, -0.1) is 10.2 Å². The molecule has 1 aliphatic carbocycles. The summed E-state index contributed by atoms with van der Waals surface area (Å²) in [7, 11) is 0. The van der Waals surface area contributed by atoms with Crippen LogP contribution in [0.2, 0.25) is 0 Å². The molecule has 0 bridgehead atoms. The lowest BCUT2D eigenvalue weighted by Gasteiger charge is -2.21. The maximum atomic E-state index is 14.4. The van der Waals surface area contributed by atoms with Crippen LogP contribution in [0, 0.1) is 11.6 Å². The van der Waals surface area contributed by atoms with Gasteiger partial charge in [-0.05, 0) is 11.3 Å². The highest BCUT2D eigenvalue weighted by Crippen LogP contribution is 2.35. The lowest BCUT2D eigenvalue weighted by atomic mass is 9.83. The van der Waals surface area contributed by atoms with Crippen molar-refractivity contribution in [3.8, 4) is 0 Å². The Morgan fingerprint density at radius 1 is 0.920 bits per heavy atom. The van der Waals surface area contributed by atoms with Crippen LogP contribution in [0.3, 0.4) is 0 Å². The van der Waals surface area contributed by atoms with Gasteiger partial charge in [-0.2, -0.15) is 0 Å². The van der Waals surface area contributed by atoms with E-state index in [2.05, 4.69) is 20.7 Å². The van der Waals surface area contributed by atoms with Gasteiger partial charge in [0, 0.05) is 22.8 Å². The van der Waals surface area contributed by atoms with Crippen LogP contribution in [-0.4, -0.2) is 27.0 Å². The fraction of sp³-hybridized carbons (Fsp3) is 0. The number of fused-ring (bicyclic) bond motifs is 2. The zero-order valence-electron chi connectivity index (χ0n) is 12.5. The first-order valence-corrected chi connectivity index (χ1v) is 7.19. The molecule has 6 nitrogen and oxygen atoms in total. The number of benzene rings is 2. The molecule has 0 saturated carbocycles. The zero-order chi connectivity index (χ0) is 17.6. The second-order valence-electron chi connectivity index (χ2n) is 5.30.